The molecule has 0 aromatic rings. The molecule has 1 aliphatic carbocycles. The first kappa shape index (κ1) is 10.0. The molecule has 2 heteroatoms. The van der Waals surface area contributed by atoms with Crippen LogP contribution in [0, 0.1) is 5.92 Å². The van der Waals surface area contributed by atoms with Crippen LogP contribution in [0.15, 0.2) is 0 Å². The van der Waals surface area contributed by atoms with Gasteiger partial charge in [0.05, 0.1) is 0 Å². The largest absolute Gasteiger partial charge is 0.328 e. The molecule has 2 nitrogen and oxygen atoms in total. The Bertz CT molecular complexity index is 121. The van der Waals surface area contributed by atoms with Crippen molar-refractivity contribution in [2.75, 3.05) is 0 Å². The van der Waals surface area contributed by atoms with Crippen LogP contribution < -0.4 is 11.1 Å². The van der Waals surface area contributed by atoms with Crippen molar-refractivity contribution >= 4 is 0 Å². The van der Waals surface area contributed by atoms with E-state index >= 15 is 0 Å². The minimum atomic E-state index is 0.421. The molecule has 1 saturated carbocycles. The molecular weight excluding hydrogens is 148 g/mol. The van der Waals surface area contributed by atoms with E-state index in [9.17, 15) is 0 Å². The summed E-state index contributed by atoms with van der Waals surface area (Å²) in [5.74, 6) is 0.796. The van der Waals surface area contributed by atoms with Crippen molar-refractivity contribution in [3.8, 4) is 0 Å². The van der Waals surface area contributed by atoms with Crippen LogP contribution in [-0.4, -0.2) is 18.1 Å². The highest BCUT2D eigenvalue weighted by Crippen LogP contribution is 2.23. The maximum atomic E-state index is 5.95. The first-order valence-corrected chi connectivity index (χ1v) is 5.09. The first-order valence-electron chi connectivity index (χ1n) is 5.09. The Balaban J connectivity index is 2.34. The maximum Gasteiger partial charge on any atom is 0.00866 e. The summed E-state index contributed by atoms with van der Waals surface area (Å²) in [4.78, 5) is 0. The molecule has 3 N–H and O–H groups in total. The van der Waals surface area contributed by atoms with Gasteiger partial charge in [0.25, 0.3) is 0 Å². The third kappa shape index (κ3) is 3.11. The standard InChI is InChI=1S/C10H22N2/c1-7(2)12-10-5-8(3)4-9(11)6-10/h7-10,12H,4-6,11H2,1-3H3/t8-,9+,10-/m1/s1. The zero-order valence-electron chi connectivity index (χ0n) is 8.51. The number of nitrogens with two attached hydrogens (primary N) is 1. The summed E-state index contributed by atoms with van der Waals surface area (Å²) in [6, 6.07) is 1.67. The SMILES string of the molecule is CC(C)N[C@@H]1C[C@H](C)C[C@H](N)C1. The van der Waals surface area contributed by atoms with Crippen molar-refractivity contribution in [1.82, 2.24) is 5.32 Å². The normalized spacial score (nSPS) is 37.2. The number of hydrogen-bond acceptors (Lipinski definition) is 2. The van der Waals surface area contributed by atoms with Crippen molar-refractivity contribution in [2.45, 2.75) is 58.2 Å². The van der Waals surface area contributed by atoms with Crippen molar-refractivity contribution in [2.24, 2.45) is 11.7 Å². The highest BCUT2D eigenvalue weighted by Gasteiger charge is 2.23. The van der Waals surface area contributed by atoms with Gasteiger partial charge in [0, 0.05) is 18.1 Å². The third-order valence-electron chi connectivity index (χ3n) is 2.55. The van der Waals surface area contributed by atoms with E-state index in [4.69, 9.17) is 5.73 Å². The van der Waals surface area contributed by atoms with Gasteiger partial charge in [-0.1, -0.05) is 20.8 Å². The molecular formula is C10H22N2. The lowest BCUT2D eigenvalue weighted by atomic mass is 9.84. The lowest BCUT2D eigenvalue weighted by Gasteiger charge is -2.33. The van der Waals surface area contributed by atoms with Gasteiger partial charge >= 0.3 is 0 Å². The molecule has 1 rings (SSSR count). The van der Waals surface area contributed by atoms with Gasteiger partial charge in [-0.2, -0.15) is 0 Å². The fourth-order valence-electron chi connectivity index (χ4n) is 2.26. The van der Waals surface area contributed by atoms with Gasteiger partial charge in [0.2, 0.25) is 0 Å². The second kappa shape index (κ2) is 4.24. The molecule has 0 aromatic carbocycles. The second-order valence-corrected chi connectivity index (χ2v) is 4.59. The molecule has 0 radical (unpaired) electrons. The van der Waals surface area contributed by atoms with E-state index in [0.717, 1.165) is 12.3 Å². The summed E-state index contributed by atoms with van der Waals surface area (Å²) in [7, 11) is 0. The van der Waals surface area contributed by atoms with E-state index in [1.54, 1.807) is 0 Å². The number of rotatable bonds is 2. The fourth-order valence-corrected chi connectivity index (χ4v) is 2.26. The van der Waals surface area contributed by atoms with Gasteiger partial charge in [-0.15, -0.1) is 0 Å². The van der Waals surface area contributed by atoms with Crippen molar-refractivity contribution in [3.63, 3.8) is 0 Å². The van der Waals surface area contributed by atoms with Crippen LogP contribution in [-0.2, 0) is 0 Å². The Labute approximate surface area is 75.9 Å². The van der Waals surface area contributed by atoms with Crippen LogP contribution in [0.5, 0.6) is 0 Å². The molecule has 72 valence electrons. The lowest BCUT2D eigenvalue weighted by Crippen LogP contribution is -2.44. The molecule has 0 heterocycles. The smallest absolute Gasteiger partial charge is 0.00866 e. The van der Waals surface area contributed by atoms with Gasteiger partial charge in [-0.25, -0.2) is 0 Å². The molecule has 3 atom stereocenters. The minimum absolute atomic E-state index is 0.421. The Morgan fingerprint density at radius 2 is 1.92 bits per heavy atom. The highest BCUT2D eigenvalue weighted by molar-refractivity contribution is 4.83. The maximum absolute atomic E-state index is 5.95. The molecule has 0 amide bonds. The molecule has 0 unspecified atom stereocenters. The quantitative estimate of drug-likeness (QED) is 0.659. The van der Waals surface area contributed by atoms with Crippen LogP contribution in [0.3, 0.4) is 0 Å². The van der Waals surface area contributed by atoms with Crippen LogP contribution in [0.25, 0.3) is 0 Å². The van der Waals surface area contributed by atoms with E-state index in [2.05, 4.69) is 26.1 Å². The summed E-state index contributed by atoms with van der Waals surface area (Å²) in [6.45, 7) is 6.70. The Morgan fingerprint density at radius 1 is 1.25 bits per heavy atom. The Hall–Kier alpha value is -0.0800. The van der Waals surface area contributed by atoms with Gasteiger partial charge in [0.1, 0.15) is 0 Å². The molecule has 0 aliphatic heterocycles. The van der Waals surface area contributed by atoms with Crippen LogP contribution in [0.2, 0.25) is 0 Å². The Kier molecular flexibility index (Phi) is 3.53. The predicted molar refractivity (Wildman–Crippen MR) is 53.1 cm³/mol. The number of nitrogens with one attached hydrogen (secondary N) is 1. The van der Waals surface area contributed by atoms with Gasteiger partial charge in [-0.3, -0.25) is 0 Å². The van der Waals surface area contributed by atoms with E-state index < -0.39 is 0 Å². The van der Waals surface area contributed by atoms with Gasteiger partial charge in [-0.05, 0) is 25.2 Å². The molecule has 1 fully saturated rings. The Morgan fingerprint density at radius 3 is 2.42 bits per heavy atom. The molecule has 0 spiro atoms. The second-order valence-electron chi connectivity index (χ2n) is 4.59. The van der Waals surface area contributed by atoms with E-state index in [-0.39, 0.29) is 0 Å². The molecule has 12 heavy (non-hydrogen) atoms. The van der Waals surface area contributed by atoms with Gasteiger partial charge < -0.3 is 11.1 Å². The summed E-state index contributed by atoms with van der Waals surface area (Å²) < 4.78 is 0. The topological polar surface area (TPSA) is 38.0 Å². The summed E-state index contributed by atoms with van der Waals surface area (Å²) >= 11 is 0. The zero-order valence-corrected chi connectivity index (χ0v) is 8.51. The van der Waals surface area contributed by atoms with E-state index in [1.165, 1.54) is 12.8 Å². The monoisotopic (exact) mass is 170 g/mol. The van der Waals surface area contributed by atoms with Crippen LogP contribution in [0.4, 0.5) is 0 Å². The fraction of sp³-hybridized carbons (Fsp3) is 1.00. The molecule has 0 saturated heterocycles. The van der Waals surface area contributed by atoms with Crippen molar-refractivity contribution < 1.29 is 0 Å². The average molecular weight is 170 g/mol. The van der Waals surface area contributed by atoms with E-state index in [1.807, 2.05) is 0 Å². The van der Waals surface area contributed by atoms with Crippen LogP contribution in [0.1, 0.15) is 40.0 Å². The summed E-state index contributed by atoms with van der Waals surface area (Å²) in [5.41, 5.74) is 5.95. The van der Waals surface area contributed by atoms with Crippen LogP contribution >= 0.6 is 0 Å². The average Bonchev–Trinajstić information content (AvgIpc) is 1.81. The third-order valence-corrected chi connectivity index (χ3v) is 2.55. The van der Waals surface area contributed by atoms with Crippen molar-refractivity contribution in [3.05, 3.63) is 0 Å². The highest BCUT2D eigenvalue weighted by atomic mass is 14.9. The summed E-state index contributed by atoms with van der Waals surface area (Å²) in [5, 5.41) is 3.56. The lowest BCUT2D eigenvalue weighted by molar-refractivity contribution is 0.262. The molecule has 0 aromatic heterocycles. The molecule has 0 bridgehead atoms. The first-order chi connectivity index (χ1) is 5.58. The molecule has 1 aliphatic rings. The van der Waals surface area contributed by atoms with Crippen molar-refractivity contribution in [1.29, 1.82) is 0 Å². The van der Waals surface area contributed by atoms with E-state index in [0.29, 0.717) is 18.1 Å². The minimum Gasteiger partial charge on any atom is -0.328 e. The summed E-state index contributed by atoms with van der Waals surface area (Å²) in [6.07, 6.45) is 3.66. The van der Waals surface area contributed by atoms with Gasteiger partial charge in [0.15, 0.2) is 0 Å². The zero-order chi connectivity index (χ0) is 9.14. The number of hydrogen-bond donors (Lipinski definition) is 2. The predicted octanol–water partition coefficient (Wildman–Crippen LogP) is 1.50.